The zero-order valence-electron chi connectivity index (χ0n) is 10.7. The summed E-state index contributed by atoms with van der Waals surface area (Å²) in [5.41, 5.74) is 0.941. The normalized spacial score (nSPS) is 40.3. The molecule has 0 spiro atoms. The molecule has 3 fully saturated rings. The molecule has 0 radical (unpaired) electrons. The molecule has 3 heteroatoms. The topological polar surface area (TPSA) is 20.2 Å². The van der Waals surface area contributed by atoms with E-state index in [0.717, 1.165) is 29.2 Å². The van der Waals surface area contributed by atoms with Crippen molar-refractivity contribution in [1.29, 1.82) is 0 Å². The van der Waals surface area contributed by atoms with Crippen LogP contribution in [0.3, 0.4) is 0 Å². The van der Waals surface area contributed by atoms with Crippen molar-refractivity contribution in [2.24, 2.45) is 29.6 Å². The van der Waals surface area contributed by atoms with Crippen molar-refractivity contribution >= 4 is 11.6 Å². The van der Waals surface area contributed by atoms with E-state index in [1.54, 1.807) is 12.1 Å². The van der Waals surface area contributed by atoms with Crippen LogP contribution in [0.25, 0.3) is 0 Å². The van der Waals surface area contributed by atoms with Gasteiger partial charge in [-0.3, -0.25) is 0 Å². The summed E-state index contributed by atoms with van der Waals surface area (Å²) in [5.74, 6) is 3.43. The first-order chi connectivity index (χ1) is 9.15. The lowest BCUT2D eigenvalue weighted by Gasteiger charge is -2.15. The van der Waals surface area contributed by atoms with Crippen LogP contribution in [0.2, 0.25) is 5.02 Å². The van der Waals surface area contributed by atoms with Crippen LogP contribution in [0.1, 0.15) is 24.8 Å². The molecule has 1 N–H and O–H groups in total. The lowest BCUT2D eigenvalue weighted by Crippen LogP contribution is -2.18. The fraction of sp³-hybridized carbons (Fsp3) is 0.625. The van der Waals surface area contributed by atoms with E-state index in [0.29, 0.717) is 12.3 Å². The number of aliphatic hydroxyl groups excluding tert-OH is 1. The van der Waals surface area contributed by atoms with Crippen LogP contribution in [-0.4, -0.2) is 11.2 Å². The van der Waals surface area contributed by atoms with Gasteiger partial charge in [0.2, 0.25) is 0 Å². The van der Waals surface area contributed by atoms with Gasteiger partial charge >= 0.3 is 0 Å². The fourth-order valence-corrected chi connectivity index (χ4v) is 5.15. The Morgan fingerprint density at radius 1 is 1.26 bits per heavy atom. The van der Waals surface area contributed by atoms with Gasteiger partial charge in [0, 0.05) is 0 Å². The standard InChI is InChI=1S/C16H18ClFO/c17-11-5-8(1-4-12(11)18)6-13(19)16-14-9-2-3-10(7-9)15(14)16/h1,4-5,9-10,13-16,19H,2-3,6-7H2. The minimum absolute atomic E-state index is 0.153. The van der Waals surface area contributed by atoms with Gasteiger partial charge in [-0.15, -0.1) is 0 Å². The van der Waals surface area contributed by atoms with Gasteiger partial charge in [-0.25, -0.2) is 4.39 Å². The summed E-state index contributed by atoms with van der Waals surface area (Å²) in [5, 5.41) is 10.6. The van der Waals surface area contributed by atoms with Gasteiger partial charge in [0.1, 0.15) is 5.82 Å². The zero-order valence-corrected chi connectivity index (χ0v) is 11.5. The van der Waals surface area contributed by atoms with E-state index in [-0.39, 0.29) is 16.9 Å². The quantitative estimate of drug-likeness (QED) is 0.896. The second-order valence-electron chi connectivity index (χ2n) is 6.59. The molecule has 0 saturated heterocycles. The van der Waals surface area contributed by atoms with Crippen molar-refractivity contribution in [3.63, 3.8) is 0 Å². The van der Waals surface area contributed by atoms with Crippen molar-refractivity contribution in [1.82, 2.24) is 0 Å². The Balaban J connectivity index is 1.45. The summed E-state index contributed by atoms with van der Waals surface area (Å²) >= 11 is 5.79. The van der Waals surface area contributed by atoms with Crippen molar-refractivity contribution in [3.05, 3.63) is 34.6 Å². The van der Waals surface area contributed by atoms with Crippen LogP contribution in [0, 0.1) is 35.4 Å². The first-order valence-corrected chi connectivity index (χ1v) is 7.65. The lowest BCUT2D eigenvalue weighted by molar-refractivity contribution is 0.128. The third-order valence-corrected chi connectivity index (χ3v) is 5.96. The van der Waals surface area contributed by atoms with Crippen molar-refractivity contribution in [3.8, 4) is 0 Å². The number of halogens is 2. The third-order valence-electron chi connectivity index (χ3n) is 5.67. The van der Waals surface area contributed by atoms with E-state index < -0.39 is 0 Å². The fourth-order valence-electron chi connectivity index (χ4n) is 4.95. The zero-order chi connectivity index (χ0) is 13.1. The van der Waals surface area contributed by atoms with E-state index in [2.05, 4.69) is 0 Å². The van der Waals surface area contributed by atoms with Crippen LogP contribution >= 0.6 is 11.6 Å². The van der Waals surface area contributed by atoms with Crippen LogP contribution < -0.4 is 0 Å². The Labute approximate surface area is 117 Å². The Morgan fingerprint density at radius 3 is 2.58 bits per heavy atom. The molecule has 0 heterocycles. The van der Waals surface area contributed by atoms with Crippen molar-refractivity contribution < 1.29 is 9.50 Å². The summed E-state index contributed by atoms with van der Waals surface area (Å²) in [6.07, 6.45) is 4.48. The lowest BCUT2D eigenvalue weighted by atomic mass is 9.95. The number of benzene rings is 1. The molecule has 1 aromatic carbocycles. The largest absolute Gasteiger partial charge is 0.392 e. The van der Waals surface area contributed by atoms with Crippen LogP contribution in [0.5, 0.6) is 0 Å². The van der Waals surface area contributed by atoms with E-state index in [1.807, 2.05) is 0 Å². The van der Waals surface area contributed by atoms with E-state index in [1.165, 1.54) is 25.3 Å². The van der Waals surface area contributed by atoms with Crippen molar-refractivity contribution in [2.45, 2.75) is 31.8 Å². The predicted molar refractivity (Wildman–Crippen MR) is 72.4 cm³/mol. The maximum Gasteiger partial charge on any atom is 0.141 e. The molecule has 0 aliphatic heterocycles. The maximum atomic E-state index is 13.1. The molecule has 5 unspecified atom stereocenters. The van der Waals surface area contributed by atoms with Crippen LogP contribution in [-0.2, 0) is 6.42 Å². The van der Waals surface area contributed by atoms with Gasteiger partial charge in [0.25, 0.3) is 0 Å². The highest BCUT2D eigenvalue weighted by molar-refractivity contribution is 6.30. The molecule has 5 atom stereocenters. The second kappa shape index (κ2) is 4.20. The Morgan fingerprint density at radius 2 is 1.95 bits per heavy atom. The maximum absolute atomic E-state index is 13.1. The molecule has 1 nitrogen and oxygen atoms in total. The number of aliphatic hydroxyl groups is 1. The number of rotatable bonds is 3. The molecule has 1 aromatic rings. The molecule has 0 amide bonds. The van der Waals surface area contributed by atoms with Gasteiger partial charge in [0.15, 0.2) is 0 Å². The molecule has 102 valence electrons. The van der Waals surface area contributed by atoms with E-state index in [9.17, 15) is 9.50 Å². The van der Waals surface area contributed by atoms with Gasteiger partial charge in [0.05, 0.1) is 11.1 Å². The molecule has 3 aliphatic rings. The molecule has 19 heavy (non-hydrogen) atoms. The first-order valence-electron chi connectivity index (χ1n) is 7.27. The minimum atomic E-state index is -0.388. The molecular weight excluding hydrogens is 263 g/mol. The highest BCUT2D eigenvalue weighted by Crippen LogP contribution is 2.70. The average molecular weight is 281 g/mol. The van der Waals surface area contributed by atoms with Crippen LogP contribution in [0.4, 0.5) is 4.39 Å². The summed E-state index contributed by atoms with van der Waals surface area (Å²) in [4.78, 5) is 0. The smallest absolute Gasteiger partial charge is 0.141 e. The number of hydrogen-bond acceptors (Lipinski definition) is 1. The molecule has 3 aliphatic carbocycles. The summed E-state index contributed by atoms with van der Waals surface area (Å²) in [7, 11) is 0. The second-order valence-corrected chi connectivity index (χ2v) is 6.99. The monoisotopic (exact) mass is 280 g/mol. The molecular formula is C16H18ClFO. The van der Waals surface area contributed by atoms with Crippen molar-refractivity contribution in [2.75, 3.05) is 0 Å². The summed E-state index contributed by atoms with van der Waals surface area (Å²) < 4.78 is 13.1. The highest BCUT2D eigenvalue weighted by Gasteiger charge is 2.66. The summed E-state index contributed by atoms with van der Waals surface area (Å²) in [6.45, 7) is 0. The van der Waals surface area contributed by atoms with Gasteiger partial charge in [-0.05, 0) is 73.0 Å². The molecule has 0 aromatic heterocycles. The summed E-state index contributed by atoms with van der Waals surface area (Å²) in [6, 6.07) is 4.77. The highest BCUT2D eigenvalue weighted by atomic mass is 35.5. The van der Waals surface area contributed by atoms with E-state index in [4.69, 9.17) is 11.6 Å². The Bertz CT molecular complexity index is 501. The molecule has 2 bridgehead atoms. The van der Waals surface area contributed by atoms with Gasteiger partial charge in [-0.2, -0.15) is 0 Å². The SMILES string of the molecule is OC(Cc1ccc(F)c(Cl)c1)C1C2C3CCC(C3)C12. The van der Waals surface area contributed by atoms with Gasteiger partial charge in [-0.1, -0.05) is 17.7 Å². The average Bonchev–Trinajstić information content (AvgIpc) is 2.83. The van der Waals surface area contributed by atoms with Crippen LogP contribution in [0.15, 0.2) is 18.2 Å². The molecule has 3 saturated carbocycles. The Hall–Kier alpha value is -0.600. The van der Waals surface area contributed by atoms with E-state index >= 15 is 0 Å². The number of fused-ring (bicyclic) bond motifs is 5. The minimum Gasteiger partial charge on any atom is -0.392 e. The predicted octanol–water partition coefficient (Wildman–Crippen LogP) is 3.67. The molecule has 4 rings (SSSR count). The Kier molecular flexibility index (Phi) is 2.69. The number of hydrogen-bond donors (Lipinski definition) is 1. The first kappa shape index (κ1) is 12.2. The van der Waals surface area contributed by atoms with Gasteiger partial charge < -0.3 is 5.11 Å². The third kappa shape index (κ3) is 1.84.